The number of hydrogen-bond acceptors (Lipinski definition) is 7. The molecule has 0 atom stereocenters. The first-order chi connectivity index (χ1) is 13.7. The lowest BCUT2D eigenvalue weighted by molar-refractivity contribution is 0.0950. The van der Waals surface area contributed by atoms with Gasteiger partial charge >= 0.3 is 0 Å². The van der Waals surface area contributed by atoms with Crippen molar-refractivity contribution in [3.05, 3.63) is 75.7 Å². The van der Waals surface area contributed by atoms with Crippen LogP contribution in [0.1, 0.15) is 25.9 Å². The van der Waals surface area contributed by atoms with Crippen LogP contribution in [0.25, 0.3) is 11.4 Å². The summed E-state index contributed by atoms with van der Waals surface area (Å²) in [6.07, 6.45) is 0. The van der Waals surface area contributed by atoms with Crippen LogP contribution in [-0.2, 0) is 13.1 Å². The highest BCUT2D eigenvalue weighted by atomic mass is 32.1. The fourth-order valence-electron chi connectivity index (χ4n) is 2.51. The Balaban J connectivity index is 1.37. The number of amides is 1. The molecular formula is C19H17N7OS. The van der Waals surface area contributed by atoms with Crippen LogP contribution < -0.4 is 5.32 Å². The fraction of sp³-hybridized carbons (Fsp3) is 0.158. The zero-order chi connectivity index (χ0) is 19.3. The number of rotatable bonds is 6. The Labute approximate surface area is 165 Å². The van der Waals surface area contributed by atoms with Gasteiger partial charge in [-0.05, 0) is 17.7 Å². The van der Waals surface area contributed by atoms with Gasteiger partial charge < -0.3 is 5.32 Å². The maximum Gasteiger partial charge on any atom is 0.282 e. The lowest BCUT2D eigenvalue weighted by atomic mass is 10.1. The maximum atomic E-state index is 12.3. The van der Waals surface area contributed by atoms with E-state index in [2.05, 4.69) is 30.9 Å². The molecule has 1 amide bonds. The Morgan fingerprint density at radius 2 is 1.82 bits per heavy atom. The second-order valence-electron chi connectivity index (χ2n) is 6.18. The zero-order valence-corrected chi connectivity index (χ0v) is 15.9. The minimum atomic E-state index is -0.249. The molecule has 2 heterocycles. The van der Waals surface area contributed by atoms with E-state index in [0.717, 1.165) is 11.1 Å². The number of tetrazole rings is 1. The first-order valence-corrected chi connectivity index (χ1v) is 9.48. The number of nitrogens with zero attached hydrogens (tertiary/aromatic N) is 6. The van der Waals surface area contributed by atoms with Gasteiger partial charge in [-0.1, -0.05) is 71.5 Å². The molecule has 4 rings (SSSR count). The SMILES string of the molecule is Cc1ccc(CNC(=O)c2nnc(Cn3nnc(-c4ccccc4)n3)s2)cc1. The average molecular weight is 391 g/mol. The van der Waals surface area contributed by atoms with E-state index in [1.54, 1.807) is 0 Å². The quantitative estimate of drug-likeness (QED) is 0.542. The number of carbonyl (C=O) groups excluding carboxylic acids is 1. The number of benzene rings is 2. The Morgan fingerprint density at radius 1 is 1.04 bits per heavy atom. The molecule has 140 valence electrons. The van der Waals surface area contributed by atoms with Crippen molar-refractivity contribution in [2.45, 2.75) is 20.0 Å². The summed E-state index contributed by atoms with van der Waals surface area (Å²) in [6, 6.07) is 17.6. The van der Waals surface area contributed by atoms with Crippen molar-refractivity contribution in [3.63, 3.8) is 0 Å². The van der Waals surface area contributed by atoms with Crippen molar-refractivity contribution in [2.24, 2.45) is 0 Å². The summed E-state index contributed by atoms with van der Waals surface area (Å²) >= 11 is 1.22. The van der Waals surface area contributed by atoms with Crippen LogP contribution in [0.2, 0.25) is 0 Å². The average Bonchev–Trinajstić information content (AvgIpc) is 3.38. The van der Waals surface area contributed by atoms with E-state index in [9.17, 15) is 4.79 Å². The van der Waals surface area contributed by atoms with Gasteiger partial charge in [0.25, 0.3) is 5.91 Å². The Kier molecular flexibility index (Phi) is 5.16. The fourth-order valence-corrected chi connectivity index (χ4v) is 3.24. The predicted octanol–water partition coefficient (Wildman–Crippen LogP) is 2.48. The van der Waals surface area contributed by atoms with Crippen LogP contribution in [-0.4, -0.2) is 36.3 Å². The molecule has 9 heteroatoms. The lowest BCUT2D eigenvalue weighted by Crippen LogP contribution is -2.22. The third kappa shape index (κ3) is 4.26. The molecule has 0 saturated heterocycles. The van der Waals surface area contributed by atoms with Crippen LogP contribution in [0.5, 0.6) is 0 Å². The largest absolute Gasteiger partial charge is 0.346 e. The molecule has 0 spiro atoms. The van der Waals surface area contributed by atoms with Crippen molar-refractivity contribution in [1.82, 2.24) is 35.7 Å². The first kappa shape index (κ1) is 17.9. The lowest BCUT2D eigenvalue weighted by Gasteiger charge is -2.03. The van der Waals surface area contributed by atoms with E-state index in [-0.39, 0.29) is 5.91 Å². The monoisotopic (exact) mass is 391 g/mol. The van der Waals surface area contributed by atoms with Gasteiger partial charge in [0.05, 0.1) is 0 Å². The van der Waals surface area contributed by atoms with Crippen LogP contribution in [0.3, 0.4) is 0 Å². The molecule has 1 N–H and O–H groups in total. The van der Waals surface area contributed by atoms with Gasteiger partial charge in [0.2, 0.25) is 10.8 Å². The maximum absolute atomic E-state index is 12.3. The first-order valence-electron chi connectivity index (χ1n) is 8.67. The third-order valence-electron chi connectivity index (χ3n) is 4.00. The molecule has 0 aliphatic rings. The van der Waals surface area contributed by atoms with Gasteiger partial charge in [0.1, 0.15) is 11.6 Å². The van der Waals surface area contributed by atoms with Crippen LogP contribution >= 0.6 is 11.3 Å². The number of aromatic nitrogens is 6. The van der Waals surface area contributed by atoms with Gasteiger partial charge in [0.15, 0.2) is 0 Å². The van der Waals surface area contributed by atoms with E-state index < -0.39 is 0 Å². The van der Waals surface area contributed by atoms with Crippen molar-refractivity contribution in [2.75, 3.05) is 0 Å². The van der Waals surface area contributed by atoms with E-state index >= 15 is 0 Å². The molecule has 2 aromatic heterocycles. The van der Waals surface area contributed by atoms with Crippen molar-refractivity contribution in [1.29, 1.82) is 0 Å². The van der Waals surface area contributed by atoms with Crippen LogP contribution in [0.15, 0.2) is 54.6 Å². The predicted molar refractivity (Wildman–Crippen MR) is 105 cm³/mol. The molecule has 8 nitrogen and oxygen atoms in total. The molecular weight excluding hydrogens is 374 g/mol. The Morgan fingerprint density at radius 3 is 2.61 bits per heavy atom. The Hall–Kier alpha value is -3.46. The molecule has 0 radical (unpaired) electrons. The van der Waals surface area contributed by atoms with Gasteiger partial charge in [-0.2, -0.15) is 4.80 Å². The summed E-state index contributed by atoms with van der Waals surface area (Å²) in [6.45, 7) is 2.78. The number of carbonyl (C=O) groups is 1. The molecule has 0 bridgehead atoms. The Bertz CT molecular complexity index is 1070. The highest BCUT2D eigenvalue weighted by Crippen LogP contribution is 2.14. The molecule has 0 unspecified atom stereocenters. The van der Waals surface area contributed by atoms with Gasteiger partial charge in [-0.25, -0.2) is 0 Å². The van der Waals surface area contributed by atoms with Crippen molar-refractivity contribution < 1.29 is 4.79 Å². The van der Waals surface area contributed by atoms with Crippen molar-refractivity contribution in [3.8, 4) is 11.4 Å². The molecule has 2 aromatic carbocycles. The summed E-state index contributed by atoms with van der Waals surface area (Å²) in [5.41, 5.74) is 3.10. The van der Waals surface area contributed by atoms with E-state index in [0.29, 0.717) is 28.9 Å². The summed E-state index contributed by atoms with van der Waals surface area (Å²) in [5, 5.41) is 24.3. The number of nitrogens with one attached hydrogen (secondary N) is 1. The van der Waals surface area contributed by atoms with Crippen LogP contribution in [0, 0.1) is 6.92 Å². The molecule has 0 aliphatic carbocycles. The molecule has 0 aliphatic heterocycles. The minimum absolute atomic E-state index is 0.249. The highest BCUT2D eigenvalue weighted by Gasteiger charge is 2.14. The molecule has 4 aromatic rings. The third-order valence-corrected chi connectivity index (χ3v) is 4.90. The standard InChI is InChI=1S/C19H17N7OS/c1-13-7-9-14(10-8-13)11-20-18(27)19-23-21-16(28-19)12-26-24-17(22-25-26)15-5-3-2-4-6-15/h2-10H,11-12H2,1H3,(H,20,27). The second-order valence-corrected chi connectivity index (χ2v) is 7.24. The second kappa shape index (κ2) is 8.05. The van der Waals surface area contributed by atoms with Gasteiger partial charge in [-0.3, -0.25) is 4.79 Å². The summed E-state index contributed by atoms with van der Waals surface area (Å²) < 4.78 is 0. The molecule has 0 fully saturated rings. The zero-order valence-electron chi connectivity index (χ0n) is 15.1. The summed E-state index contributed by atoms with van der Waals surface area (Å²) in [4.78, 5) is 13.7. The number of aryl methyl sites for hydroxylation is 1. The van der Waals surface area contributed by atoms with Crippen molar-refractivity contribution >= 4 is 17.2 Å². The highest BCUT2D eigenvalue weighted by molar-refractivity contribution is 7.13. The van der Waals surface area contributed by atoms with E-state index in [1.807, 2.05) is 61.5 Å². The van der Waals surface area contributed by atoms with Gasteiger partial charge in [-0.15, -0.1) is 20.4 Å². The minimum Gasteiger partial charge on any atom is -0.346 e. The molecule has 28 heavy (non-hydrogen) atoms. The molecule has 0 saturated carbocycles. The van der Waals surface area contributed by atoms with Crippen LogP contribution in [0.4, 0.5) is 0 Å². The van der Waals surface area contributed by atoms with E-state index in [4.69, 9.17) is 0 Å². The van der Waals surface area contributed by atoms with Gasteiger partial charge in [0, 0.05) is 12.1 Å². The normalized spacial score (nSPS) is 10.8. The smallest absolute Gasteiger partial charge is 0.282 e. The topological polar surface area (TPSA) is 98.5 Å². The van der Waals surface area contributed by atoms with E-state index in [1.165, 1.54) is 21.7 Å². The summed E-state index contributed by atoms with van der Waals surface area (Å²) in [5.74, 6) is 0.294. The summed E-state index contributed by atoms with van der Waals surface area (Å²) in [7, 11) is 0. The number of hydrogen-bond donors (Lipinski definition) is 1.